The van der Waals surface area contributed by atoms with Crippen LogP contribution in [-0.4, -0.2) is 155 Å². The van der Waals surface area contributed by atoms with Crippen molar-refractivity contribution in [2.45, 2.75) is 115 Å². The molecule has 5 N–H and O–H groups in total. The Kier molecular flexibility index (Phi) is 16.6. The molecule has 3 aliphatic heterocycles. The number of nitrogen functional groups attached to an aromatic ring is 1. The van der Waals surface area contributed by atoms with Crippen molar-refractivity contribution < 1.29 is 38.5 Å². The van der Waals surface area contributed by atoms with Crippen molar-refractivity contribution in [2.24, 2.45) is 5.41 Å². The molecule has 0 spiro atoms. The molecule has 5 heterocycles. The number of unbranched alkanes of at least 4 members (excludes halogenated alkanes) is 1. The van der Waals surface area contributed by atoms with E-state index in [0.29, 0.717) is 67.8 Å². The van der Waals surface area contributed by atoms with Crippen molar-refractivity contribution in [3.05, 3.63) is 78.5 Å². The van der Waals surface area contributed by atoms with Crippen molar-refractivity contribution in [2.75, 3.05) is 87.4 Å². The first kappa shape index (κ1) is 52.6. The Bertz CT molecular complexity index is 2560. The molecule has 3 amide bonds. The third kappa shape index (κ3) is 12.9. The number of carbonyl (C=O) groups is 4. The lowest BCUT2D eigenvalue weighted by Gasteiger charge is -2.43. The quantitative estimate of drug-likeness (QED) is 0.0565. The standard InChI is InChI=1S/C54H73N11O8/c1-36-32-63(52(70)73-53(2,3)4)27-26-62(36)28-29-71-47-30-39(21-24-56-47)65-40-19-20-41(65)34-64(33-40)45-31-44(59-60-48(45)55)42-12-7-8-14-46(42)72-35-37-15-17-38(18-16-37)57-49(66)43(13-9-10-25-61(5)6)58-50(67)54(51(68)69)22-11-23-54/h7-8,12,14-18,21,24,30-31,36,40-41,43H,9-11,13,19-20,22-23,25-29,32-35H2,1-6H3,(H2,55,60)(H,57,66)(H,58,67)(H,68,69)/t36-,40?,41?,43+/m1/s1. The number of nitrogens with one attached hydrogen (secondary N) is 2. The molecule has 1 aliphatic carbocycles. The van der Waals surface area contributed by atoms with Gasteiger partial charge in [-0.25, -0.2) is 9.78 Å². The SMILES string of the molecule is C[C@@H]1CN(C(=O)OC(C)(C)C)CCN1CCOc1cc(N2C3CCC2CN(c2cc(-c4ccccc4OCc4ccc(NC(=O)[C@H](CCCCN(C)C)NC(=O)C5(C(=O)O)CCC5)cc4)nnc2N)C3)ccn1. The van der Waals surface area contributed by atoms with Gasteiger partial charge in [0, 0.05) is 86.6 Å². The van der Waals surface area contributed by atoms with Crippen LogP contribution < -0.4 is 35.6 Å². The molecule has 2 unspecified atom stereocenters. The Morgan fingerprint density at radius 1 is 0.932 bits per heavy atom. The van der Waals surface area contributed by atoms with Crippen LogP contribution in [0.2, 0.25) is 0 Å². The number of piperazine rings is 2. The van der Waals surface area contributed by atoms with Crippen molar-refractivity contribution >= 4 is 46.8 Å². The van der Waals surface area contributed by atoms with Gasteiger partial charge in [-0.1, -0.05) is 30.7 Å². The van der Waals surface area contributed by atoms with E-state index >= 15 is 0 Å². The van der Waals surface area contributed by atoms with Gasteiger partial charge in [0.1, 0.15) is 36.0 Å². The molecule has 1 saturated carbocycles. The van der Waals surface area contributed by atoms with Crippen LogP contribution in [0.4, 0.5) is 27.7 Å². The number of carboxylic acid groups (broad SMARTS) is 1. The number of rotatable bonds is 20. The number of para-hydroxylation sites is 1. The molecular formula is C54H73N11O8. The van der Waals surface area contributed by atoms with Crippen molar-refractivity contribution in [1.29, 1.82) is 0 Å². The van der Waals surface area contributed by atoms with Crippen LogP contribution in [0.25, 0.3) is 11.3 Å². The Balaban J connectivity index is 0.852. The number of hydrogen-bond acceptors (Lipinski definition) is 15. The average molecular weight is 1000 g/mol. The number of amides is 3. The number of fused-ring (bicyclic) bond motifs is 2. The van der Waals surface area contributed by atoms with Crippen LogP contribution in [0, 0.1) is 5.41 Å². The maximum absolute atomic E-state index is 13.6. The summed E-state index contributed by atoms with van der Waals surface area (Å²) < 4.78 is 18.2. The van der Waals surface area contributed by atoms with Gasteiger partial charge in [-0.15, -0.1) is 10.2 Å². The smallest absolute Gasteiger partial charge is 0.410 e. The van der Waals surface area contributed by atoms with E-state index in [1.807, 2.05) is 89.6 Å². The molecule has 19 heteroatoms. The van der Waals surface area contributed by atoms with Crippen LogP contribution in [0.15, 0.2) is 72.9 Å². The van der Waals surface area contributed by atoms with Crippen molar-refractivity contribution in [3.63, 3.8) is 0 Å². The lowest BCUT2D eigenvalue weighted by molar-refractivity contribution is -0.162. The van der Waals surface area contributed by atoms with Gasteiger partial charge in [0.2, 0.25) is 17.7 Å². The molecule has 3 saturated heterocycles. The van der Waals surface area contributed by atoms with Gasteiger partial charge in [-0.3, -0.25) is 19.3 Å². The topological polar surface area (TPSA) is 221 Å². The predicted molar refractivity (Wildman–Crippen MR) is 280 cm³/mol. The second kappa shape index (κ2) is 23.0. The molecule has 4 aromatic rings. The average Bonchev–Trinajstić information content (AvgIpc) is 3.60. The van der Waals surface area contributed by atoms with Crippen LogP contribution in [0.5, 0.6) is 11.6 Å². The Hall–Kier alpha value is -6.73. The van der Waals surface area contributed by atoms with Gasteiger partial charge in [0.05, 0.1) is 11.4 Å². The molecule has 8 rings (SSSR count). The number of carboxylic acids is 1. The first-order valence-electron chi connectivity index (χ1n) is 25.7. The Labute approximate surface area is 428 Å². The number of benzene rings is 2. The van der Waals surface area contributed by atoms with Gasteiger partial charge >= 0.3 is 12.1 Å². The van der Waals surface area contributed by atoms with E-state index in [4.69, 9.17) is 19.9 Å². The van der Waals surface area contributed by atoms with Crippen LogP contribution in [0.3, 0.4) is 0 Å². The molecular weight excluding hydrogens is 931 g/mol. The first-order valence-corrected chi connectivity index (χ1v) is 25.7. The number of ether oxygens (including phenoxy) is 3. The van der Waals surface area contributed by atoms with Gasteiger partial charge < -0.3 is 55.3 Å². The van der Waals surface area contributed by atoms with E-state index in [1.165, 1.54) is 0 Å². The highest BCUT2D eigenvalue weighted by Crippen LogP contribution is 2.42. The Morgan fingerprint density at radius 2 is 1.67 bits per heavy atom. The van der Waals surface area contributed by atoms with Gasteiger partial charge in [0.15, 0.2) is 5.82 Å². The third-order valence-electron chi connectivity index (χ3n) is 14.5. The van der Waals surface area contributed by atoms with E-state index in [2.05, 4.69) is 58.4 Å². The zero-order valence-corrected chi connectivity index (χ0v) is 43.2. The summed E-state index contributed by atoms with van der Waals surface area (Å²) in [4.78, 5) is 67.0. The number of nitrogens with two attached hydrogens (primary N) is 1. The highest BCUT2D eigenvalue weighted by molar-refractivity contribution is 6.05. The van der Waals surface area contributed by atoms with Gasteiger partial charge in [0.25, 0.3) is 0 Å². The summed E-state index contributed by atoms with van der Waals surface area (Å²) in [6.45, 7) is 13.5. The molecule has 2 aromatic heterocycles. The lowest BCUT2D eigenvalue weighted by atomic mass is 9.68. The van der Waals surface area contributed by atoms with Gasteiger partial charge in [-0.2, -0.15) is 0 Å². The van der Waals surface area contributed by atoms with E-state index in [-0.39, 0.29) is 43.7 Å². The number of anilines is 4. The maximum Gasteiger partial charge on any atom is 0.410 e. The maximum atomic E-state index is 13.6. The third-order valence-corrected chi connectivity index (χ3v) is 14.5. The summed E-state index contributed by atoms with van der Waals surface area (Å²) in [7, 11) is 3.95. The normalized spacial score (nSPS) is 20.0. The molecule has 0 radical (unpaired) electrons. The summed E-state index contributed by atoms with van der Waals surface area (Å²) >= 11 is 0. The minimum atomic E-state index is -1.47. The van der Waals surface area contributed by atoms with Crippen LogP contribution in [0.1, 0.15) is 84.6 Å². The fraction of sp³-hybridized carbons (Fsp3) is 0.537. The largest absolute Gasteiger partial charge is 0.488 e. The number of nitrogens with zero attached hydrogens (tertiary/aromatic N) is 8. The number of aliphatic carboxylic acids is 1. The van der Waals surface area contributed by atoms with E-state index < -0.39 is 34.8 Å². The second-order valence-electron chi connectivity index (χ2n) is 21.2. The van der Waals surface area contributed by atoms with Crippen molar-refractivity contribution in [3.8, 4) is 22.9 Å². The summed E-state index contributed by atoms with van der Waals surface area (Å²) in [5, 5.41) is 24.5. The predicted octanol–water partition coefficient (Wildman–Crippen LogP) is 6.29. The van der Waals surface area contributed by atoms with Crippen molar-refractivity contribution in [1.82, 2.24) is 35.2 Å². The lowest BCUT2D eigenvalue weighted by Crippen LogP contribution is -2.55. The summed E-state index contributed by atoms with van der Waals surface area (Å²) in [6.07, 6.45) is 6.70. The zero-order valence-electron chi connectivity index (χ0n) is 43.2. The molecule has 2 aromatic carbocycles. The summed E-state index contributed by atoms with van der Waals surface area (Å²) in [5.41, 5.74) is 9.30. The minimum absolute atomic E-state index is 0.174. The number of aromatic nitrogens is 3. The number of hydrogen-bond donors (Lipinski definition) is 4. The summed E-state index contributed by atoms with van der Waals surface area (Å²) in [5.74, 6) is -0.569. The molecule has 4 atom stereocenters. The Morgan fingerprint density at radius 3 is 2.34 bits per heavy atom. The highest BCUT2D eigenvalue weighted by Gasteiger charge is 2.52. The molecule has 392 valence electrons. The fourth-order valence-electron chi connectivity index (χ4n) is 10.3. The molecule has 4 aliphatic rings. The minimum Gasteiger partial charge on any atom is -0.488 e. The van der Waals surface area contributed by atoms with E-state index in [0.717, 1.165) is 74.5 Å². The summed E-state index contributed by atoms with van der Waals surface area (Å²) in [6, 6.07) is 20.9. The van der Waals surface area contributed by atoms with Crippen LogP contribution >= 0.6 is 0 Å². The fourth-order valence-corrected chi connectivity index (χ4v) is 10.3. The second-order valence-corrected chi connectivity index (χ2v) is 21.2. The molecule has 19 nitrogen and oxygen atoms in total. The van der Waals surface area contributed by atoms with E-state index in [1.54, 1.807) is 17.0 Å². The molecule has 4 fully saturated rings. The van der Waals surface area contributed by atoms with E-state index in [9.17, 15) is 24.3 Å². The van der Waals surface area contributed by atoms with Crippen LogP contribution in [-0.2, 0) is 25.7 Å². The first-order chi connectivity index (χ1) is 35.0. The molecule has 73 heavy (non-hydrogen) atoms. The number of carbonyl (C=O) groups excluding carboxylic acids is 3. The highest BCUT2D eigenvalue weighted by atomic mass is 16.6. The number of pyridine rings is 1. The zero-order chi connectivity index (χ0) is 51.9. The monoisotopic (exact) mass is 1000 g/mol. The van der Waals surface area contributed by atoms with Gasteiger partial charge in [-0.05, 0) is 135 Å². The molecule has 2 bridgehead atoms.